The fourth-order valence-electron chi connectivity index (χ4n) is 2.83. The molecule has 7 heteroatoms. The Morgan fingerprint density at radius 1 is 0.964 bits per heavy atom. The van der Waals surface area contributed by atoms with E-state index in [4.69, 9.17) is 9.47 Å². The molecule has 142 valence electrons. The first-order chi connectivity index (χ1) is 13.6. The van der Waals surface area contributed by atoms with Gasteiger partial charge in [-0.25, -0.2) is 9.97 Å². The minimum absolute atomic E-state index is 0.250. The van der Waals surface area contributed by atoms with Crippen LogP contribution in [-0.2, 0) is 0 Å². The Kier molecular flexibility index (Phi) is 4.80. The second-order valence-corrected chi connectivity index (χ2v) is 6.55. The van der Waals surface area contributed by atoms with Crippen LogP contribution in [0.3, 0.4) is 0 Å². The molecular weight excluding hydrogens is 356 g/mol. The van der Waals surface area contributed by atoms with Crippen LogP contribution in [-0.4, -0.2) is 29.1 Å². The molecule has 3 aromatic rings. The molecule has 0 radical (unpaired) electrons. The molecule has 7 nitrogen and oxygen atoms in total. The average Bonchev–Trinajstić information content (AvgIpc) is 2.71. The van der Waals surface area contributed by atoms with E-state index in [1.165, 1.54) is 12.4 Å². The molecule has 0 fully saturated rings. The minimum atomic E-state index is -0.250. The summed E-state index contributed by atoms with van der Waals surface area (Å²) in [5.74, 6) is 1.54. The van der Waals surface area contributed by atoms with Gasteiger partial charge in [0, 0.05) is 29.8 Å². The molecule has 0 spiro atoms. The number of ether oxygens (including phenoxy) is 2. The Morgan fingerprint density at radius 3 is 2.50 bits per heavy atom. The highest BCUT2D eigenvalue weighted by molar-refractivity contribution is 6.04. The molecule has 2 heterocycles. The number of nitrogens with one attached hydrogen (secondary N) is 2. The molecule has 0 unspecified atom stereocenters. The minimum Gasteiger partial charge on any atom is -0.486 e. The normalized spacial score (nSPS) is 12.4. The molecular formula is C21H20N4O3. The predicted molar refractivity (Wildman–Crippen MR) is 107 cm³/mol. The first-order valence-electron chi connectivity index (χ1n) is 8.96. The Morgan fingerprint density at radius 2 is 1.71 bits per heavy atom. The maximum atomic E-state index is 12.5. The lowest BCUT2D eigenvalue weighted by Crippen LogP contribution is -2.15. The summed E-state index contributed by atoms with van der Waals surface area (Å²) in [6, 6.07) is 11.4. The van der Waals surface area contributed by atoms with E-state index in [0.29, 0.717) is 30.5 Å². The van der Waals surface area contributed by atoms with Crippen LogP contribution in [0.4, 0.5) is 17.3 Å². The van der Waals surface area contributed by atoms with E-state index in [1.54, 1.807) is 0 Å². The van der Waals surface area contributed by atoms with Crippen LogP contribution >= 0.6 is 0 Å². The molecule has 0 atom stereocenters. The predicted octanol–water partition coefficient (Wildman–Crippen LogP) is 3.86. The third-order valence-corrected chi connectivity index (χ3v) is 4.35. The van der Waals surface area contributed by atoms with Crippen molar-refractivity contribution in [3.8, 4) is 11.5 Å². The third-order valence-electron chi connectivity index (χ3n) is 4.35. The smallest absolute Gasteiger partial charge is 0.258 e. The van der Waals surface area contributed by atoms with Crippen molar-refractivity contribution in [1.82, 2.24) is 9.97 Å². The van der Waals surface area contributed by atoms with Gasteiger partial charge >= 0.3 is 0 Å². The number of carbonyl (C=O) groups is 1. The summed E-state index contributed by atoms with van der Waals surface area (Å²) in [6.07, 6.45) is 2.99. The van der Waals surface area contributed by atoms with Crippen molar-refractivity contribution >= 4 is 23.2 Å². The fourth-order valence-corrected chi connectivity index (χ4v) is 2.83. The van der Waals surface area contributed by atoms with E-state index >= 15 is 0 Å². The van der Waals surface area contributed by atoms with Crippen LogP contribution in [0.2, 0.25) is 0 Å². The quantitative estimate of drug-likeness (QED) is 0.719. The summed E-state index contributed by atoms with van der Waals surface area (Å²) < 4.78 is 11.1. The number of fused-ring (bicyclic) bond motifs is 1. The van der Waals surface area contributed by atoms with Gasteiger partial charge in [0.15, 0.2) is 11.5 Å². The van der Waals surface area contributed by atoms with E-state index < -0.39 is 0 Å². The molecule has 2 N–H and O–H groups in total. The summed E-state index contributed by atoms with van der Waals surface area (Å²) in [5, 5.41) is 6.00. The second kappa shape index (κ2) is 7.56. The molecule has 28 heavy (non-hydrogen) atoms. The van der Waals surface area contributed by atoms with Gasteiger partial charge in [-0.15, -0.1) is 0 Å². The summed E-state index contributed by atoms with van der Waals surface area (Å²) in [4.78, 5) is 20.9. The Bertz CT molecular complexity index is 1020. The van der Waals surface area contributed by atoms with Gasteiger partial charge in [-0.1, -0.05) is 12.1 Å². The van der Waals surface area contributed by atoms with E-state index in [-0.39, 0.29) is 5.91 Å². The number of anilines is 3. The Hall–Kier alpha value is -3.61. The maximum absolute atomic E-state index is 12.5. The molecule has 0 aliphatic carbocycles. The van der Waals surface area contributed by atoms with Crippen molar-refractivity contribution in [3.05, 3.63) is 65.5 Å². The van der Waals surface area contributed by atoms with Gasteiger partial charge < -0.3 is 20.1 Å². The number of aromatic nitrogens is 2. The van der Waals surface area contributed by atoms with Gasteiger partial charge in [0.05, 0.1) is 5.56 Å². The molecule has 0 bridgehead atoms. The number of aryl methyl sites for hydroxylation is 2. The maximum Gasteiger partial charge on any atom is 0.258 e. The zero-order chi connectivity index (χ0) is 19.5. The molecule has 0 saturated heterocycles. The van der Waals surface area contributed by atoms with Gasteiger partial charge in [0.2, 0.25) is 5.95 Å². The fraction of sp³-hybridized carbons (Fsp3) is 0.190. The molecule has 1 amide bonds. The summed E-state index contributed by atoms with van der Waals surface area (Å²) in [7, 11) is 0. The van der Waals surface area contributed by atoms with Crippen LogP contribution in [0.15, 0.2) is 48.8 Å². The molecule has 1 aliphatic rings. The summed E-state index contributed by atoms with van der Waals surface area (Å²) >= 11 is 0. The first kappa shape index (κ1) is 17.8. The third kappa shape index (κ3) is 3.88. The zero-order valence-electron chi connectivity index (χ0n) is 15.7. The van der Waals surface area contributed by atoms with Crippen molar-refractivity contribution in [1.29, 1.82) is 0 Å². The highest BCUT2D eigenvalue weighted by Gasteiger charge is 2.13. The lowest BCUT2D eigenvalue weighted by atomic mass is 10.1. The Balaban J connectivity index is 1.45. The molecule has 1 aromatic heterocycles. The van der Waals surface area contributed by atoms with Crippen LogP contribution in [0.5, 0.6) is 11.5 Å². The van der Waals surface area contributed by atoms with Crippen molar-refractivity contribution in [3.63, 3.8) is 0 Å². The van der Waals surface area contributed by atoms with Crippen molar-refractivity contribution in [2.24, 2.45) is 0 Å². The average molecular weight is 376 g/mol. The van der Waals surface area contributed by atoms with Crippen LogP contribution < -0.4 is 20.1 Å². The number of rotatable bonds is 4. The van der Waals surface area contributed by atoms with E-state index in [0.717, 1.165) is 28.3 Å². The van der Waals surface area contributed by atoms with Crippen LogP contribution in [0, 0.1) is 13.8 Å². The van der Waals surface area contributed by atoms with Crippen molar-refractivity contribution in [2.75, 3.05) is 23.8 Å². The van der Waals surface area contributed by atoms with Crippen LogP contribution in [0.1, 0.15) is 21.5 Å². The lowest BCUT2D eigenvalue weighted by Gasteiger charge is -2.19. The summed E-state index contributed by atoms with van der Waals surface area (Å²) in [6.45, 7) is 5.01. The van der Waals surface area contributed by atoms with Crippen LogP contribution in [0.25, 0.3) is 0 Å². The number of hydrogen-bond donors (Lipinski definition) is 2. The zero-order valence-corrected chi connectivity index (χ0v) is 15.7. The van der Waals surface area contributed by atoms with Gasteiger partial charge in [-0.2, -0.15) is 0 Å². The second-order valence-electron chi connectivity index (χ2n) is 6.55. The van der Waals surface area contributed by atoms with Gasteiger partial charge in [-0.05, 0) is 43.2 Å². The highest BCUT2D eigenvalue weighted by atomic mass is 16.6. The van der Waals surface area contributed by atoms with Crippen molar-refractivity contribution < 1.29 is 14.3 Å². The standard InChI is InChI=1S/C21H20N4O3/c1-13-3-4-14(2)17(9-13)25-20(26)15-11-22-21(23-12-15)24-16-5-6-18-19(10-16)28-8-7-27-18/h3-6,9-12H,7-8H2,1-2H3,(H,25,26)(H,22,23,24). The molecule has 4 rings (SSSR count). The number of benzene rings is 2. The number of hydrogen-bond acceptors (Lipinski definition) is 6. The first-order valence-corrected chi connectivity index (χ1v) is 8.96. The monoisotopic (exact) mass is 376 g/mol. The number of carbonyl (C=O) groups excluding carboxylic acids is 1. The summed E-state index contributed by atoms with van der Waals surface area (Å²) in [5.41, 5.74) is 4.02. The number of amides is 1. The van der Waals surface area contributed by atoms with E-state index in [2.05, 4.69) is 20.6 Å². The topological polar surface area (TPSA) is 85.4 Å². The van der Waals surface area contributed by atoms with Gasteiger partial charge in [0.25, 0.3) is 5.91 Å². The molecule has 0 saturated carbocycles. The molecule has 2 aromatic carbocycles. The largest absolute Gasteiger partial charge is 0.486 e. The van der Waals surface area contributed by atoms with E-state index in [1.807, 2.05) is 50.2 Å². The Labute approximate surface area is 162 Å². The number of nitrogens with zero attached hydrogens (tertiary/aromatic N) is 2. The highest BCUT2D eigenvalue weighted by Crippen LogP contribution is 2.33. The molecule has 1 aliphatic heterocycles. The SMILES string of the molecule is Cc1ccc(C)c(NC(=O)c2cnc(Nc3ccc4c(c3)OCCO4)nc2)c1. The van der Waals surface area contributed by atoms with Gasteiger partial charge in [0.1, 0.15) is 13.2 Å². The lowest BCUT2D eigenvalue weighted by molar-refractivity contribution is 0.102. The van der Waals surface area contributed by atoms with Crippen molar-refractivity contribution in [2.45, 2.75) is 13.8 Å². The van der Waals surface area contributed by atoms with E-state index in [9.17, 15) is 4.79 Å². The van der Waals surface area contributed by atoms with Gasteiger partial charge in [-0.3, -0.25) is 4.79 Å².